The number of hydrogen-bond donors (Lipinski definition) is 2. The second-order valence-corrected chi connectivity index (χ2v) is 3.90. The maximum Gasteiger partial charge on any atom is 0.328 e. The minimum atomic E-state index is -0.417. The lowest BCUT2D eigenvalue weighted by Crippen LogP contribution is -2.35. The number of esters is 1. The molecule has 2 N–H and O–H groups in total. The summed E-state index contributed by atoms with van der Waals surface area (Å²) in [6.45, 7) is 3.88. The Hall–Kier alpha value is -1.85. The summed E-state index contributed by atoms with van der Waals surface area (Å²) in [5, 5.41) is 5.87. The van der Waals surface area contributed by atoms with Crippen LogP contribution in [-0.2, 0) is 9.53 Å². The van der Waals surface area contributed by atoms with Crippen molar-refractivity contribution >= 4 is 17.7 Å². The van der Waals surface area contributed by atoms with Crippen molar-refractivity contribution in [1.29, 1.82) is 0 Å². The van der Waals surface area contributed by atoms with E-state index < -0.39 is 6.04 Å². The number of anilines is 2. The molecule has 1 aromatic rings. The zero-order valence-electron chi connectivity index (χ0n) is 10.5. The number of nitrogens with zero attached hydrogens (tertiary/aromatic N) is 2. The molecular formula is C11H18N4O2. The van der Waals surface area contributed by atoms with Crippen molar-refractivity contribution in [1.82, 2.24) is 9.97 Å². The molecule has 17 heavy (non-hydrogen) atoms. The number of ether oxygens (including phenoxy) is 1. The van der Waals surface area contributed by atoms with Gasteiger partial charge in [-0.15, -0.1) is 0 Å². The molecular weight excluding hydrogens is 220 g/mol. The molecule has 0 saturated heterocycles. The highest BCUT2D eigenvalue weighted by Gasteiger charge is 2.23. The van der Waals surface area contributed by atoms with Gasteiger partial charge in [-0.25, -0.2) is 9.78 Å². The normalized spacial score (nSPS) is 12.1. The van der Waals surface area contributed by atoms with E-state index in [2.05, 4.69) is 20.6 Å². The number of hydrogen-bond acceptors (Lipinski definition) is 6. The quantitative estimate of drug-likeness (QED) is 0.749. The molecule has 6 nitrogen and oxygen atoms in total. The average molecular weight is 238 g/mol. The van der Waals surface area contributed by atoms with Crippen LogP contribution >= 0.6 is 0 Å². The van der Waals surface area contributed by atoms with Crippen LogP contribution in [0.1, 0.15) is 13.8 Å². The third kappa shape index (κ3) is 3.58. The van der Waals surface area contributed by atoms with Gasteiger partial charge in [0.15, 0.2) is 0 Å². The maximum atomic E-state index is 11.6. The fraction of sp³-hybridized carbons (Fsp3) is 0.545. The van der Waals surface area contributed by atoms with Crippen LogP contribution in [-0.4, -0.2) is 36.1 Å². The van der Waals surface area contributed by atoms with E-state index in [4.69, 9.17) is 4.74 Å². The Labute approximate surface area is 101 Å². The lowest BCUT2D eigenvalue weighted by atomic mass is 10.0. The maximum absolute atomic E-state index is 11.6. The van der Waals surface area contributed by atoms with Gasteiger partial charge in [0.1, 0.15) is 11.9 Å². The number of rotatable bonds is 5. The van der Waals surface area contributed by atoms with Crippen LogP contribution in [0.15, 0.2) is 12.3 Å². The fourth-order valence-corrected chi connectivity index (χ4v) is 1.34. The van der Waals surface area contributed by atoms with Crippen LogP contribution in [0.5, 0.6) is 0 Å². The first-order valence-corrected chi connectivity index (χ1v) is 5.43. The van der Waals surface area contributed by atoms with Gasteiger partial charge in [-0.3, -0.25) is 0 Å². The van der Waals surface area contributed by atoms with Gasteiger partial charge in [0.05, 0.1) is 7.11 Å². The summed E-state index contributed by atoms with van der Waals surface area (Å²) in [6, 6.07) is 1.29. The van der Waals surface area contributed by atoms with Crippen LogP contribution in [0.3, 0.4) is 0 Å². The third-order valence-electron chi connectivity index (χ3n) is 2.30. The van der Waals surface area contributed by atoms with Crippen LogP contribution in [0, 0.1) is 5.92 Å². The highest BCUT2D eigenvalue weighted by atomic mass is 16.5. The second-order valence-electron chi connectivity index (χ2n) is 3.90. The number of aromatic nitrogens is 2. The van der Waals surface area contributed by atoms with Crippen molar-refractivity contribution in [2.75, 3.05) is 24.8 Å². The first-order valence-electron chi connectivity index (χ1n) is 5.43. The zero-order chi connectivity index (χ0) is 12.8. The van der Waals surface area contributed by atoms with E-state index in [1.54, 1.807) is 19.3 Å². The van der Waals surface area contributed by atoms with E-state index >= 15 is 0 Å². The van der Waals surface area contributed by atoms with Crippen molar-refractivity contribution < 1.29 is 9.53 Å². The summed E-state index contributed by atoms with van der Waals surface area (Å²) >= 11 is 0. The molecule has 0 spiro atoms. The molecule has 0 radical (unpaired) electrons. The van der Waals surface area contributed by atoms with Crippen molar-refractivity contribution in [3.05, 3.63) is 12.3 Å². The molecule has 0 aliphatic heterocycles. The largest absolute Gasteiger partial charge is 0.467 e. The summed E-state index contributed by atoms with van der Waals surface area (Å²) in [6.07, 6.45) is 1.62. The Bertz CT molecular complexity index is 381. The lowest BCUT2D eigenvalue weighted by molar-refractivity contribution is -0.142. The zero-order valence-corrected chi connectivity index (χ0v) is 10.5. The molecule has 0 aromatic carbocycles. The van der Waals surface area contributed by atoms with Gasteiger partial charge in [-0.2, -0.15) is 4.98 Å². The third-order valence-corrected chi connectivity index (χ3v) is 2.30. The van der Waals surface area contributed by atoms with Crippen LogP contribution in [0.25, 0.3) is 0 Å². The number of nitrogens with one attached hydrogen (secondary N) is 2. The summed E-state index contributed by atoms with van der Waals surface area (Å²) in [4.78, 5) is 19.8. The molecule has 1 rings (SSSR count). The van der Waals surface area contributed by atoms with Crippen LogP contribution in [0.4, 0.5) is 11.8 Å². The molecule has 0 aliphatic rings. The average Bonchev–Trinajstić information content (AvgIpc) is 2.35. The molecule has 6 heteroatoms. The molecule has 1 heterocycles. The van der Waals surface area contributed by atoms with Gasteiger partial charge in [0.25, 0.3) is 0 Å². The van der Waals surface area contributed by atoms with E-state index in [1.165, 1.54) is 7.11 Å². The molecule has 0 amide bonds. The standard InChI is InChI=1S/C11H18N4O2/c1-7(2)9(10(16)17-4)14-8-5-6-13-11(12-3)15-8/h5-7,9H,1-4H3,(H2,12,13,14,15). The Balaban J connectivity index is 2.82. The molecule has 0 fully saturated rings. The van der Waals surface area contributed by atoms with Crippen molar-refractivity contribution in [3.8, 4) is 0 Å². The summed E-state index contributed by atoms with van der Waals surface area (Å²) < 4.78 is 4.74. The highest BCUT2D eigenvalue weighted by molar-refractivity contribution is 5.79. The number of carbonyl (C=O) groups is 1. The van der Waals surface area contributed by atoms with E-state index in [0.717, 1.165) is 0 Å². The summed E-state index contributed by atoms with van der Waals surface area (Å²) in [5.41, 5.74) is 0. The smallest absolute Gasteiger partial charge is 0.328 e. The number of methoxy groups -OCH3 is 1. The highest BCUT2D eigenvalue weighted by Crippen LogP contribution is 2.12. The van der Waals surface area contributed by atoms with Crippen LogP contribution < -0.4 is 10.6 Å². The van der Waals surface area contributed by atoms with Crippen molar-refractivity contribution in [2.24, 2.45) is 5.92 Å². The molecule has 1 unspecified atom stereocenters. The predicted molar refractivity (Wildman–Crippen MR) is 65.8 cm³/mol. The Morgan fingerprint density at radius 1 is 1.47 bits per heavy atom. The van der Waals surface area contributed by atoms with Gasteiger partial charge >= 0.3 is 5.97 Å². The van der Waals surface area contributed by atoms with Gasteiger partial charge < -0.3 is 15.4 Å². The van der Waals surface area contributed by atoms with Crippen molar-refractivity contribution in [3.63, 3.8) is 0 Å². The van der Waals surface area contributed by atoms with E-state index in [-0.39, 0.29) is 11.9 Å². The van der Waals surface area contributed by atoms with E-state index in [0.29, 0.717) is 11.8 Å². The minimum Gasteiger partial charge on any atom is -0.467 e. The molecule has 0 saturated carbocycles. The minimum absolute atomic E-state index is 0.107. The van der Waals surface area contributed by atoms with Crippen molar-refractivity contribution in [2.45, 2.75) is 19.9 Å². The fourth-order valence-electron chi connectivity index (χ4n) is 1.34. The Morgan fingerprint density at radius 3 is 2.71 bits per heavy atom. The molecule has 1 atom stereocenters. The topological polar surface area (TPSA) is 76.1 Å². The van der Waals surface area contributed by atoms with Gasteiger partial charge in [0, 0.05) is 13.2 Å². The monoisotopic (exact) mass is 238 g/mol. The number of carbonyl (C=O) groups excluding carboxylic acids is 1. The predicted octanol–water partition coefficient (Wildman–Crippen LogP) is 1.13. The molecule has 1 aromatic heterocycles. The lowest BCUT2D eigenvalue weighted by Gasteiger charge is -2.20. The van der Waals surface area contributed by atoms with E-state index in [1.807, 2.05) is 13.8 Å². The van der Waals surface area contributed by atoms with Crippen LogP contribution in [0.2, 0.25) is 0 Å². The summed E-state index contributed by atoms with van der Waals surface area (Å²) in [5.74, 6) is 0.899. The summed E-state index contributed by atoms with van der Waals surface area (Å²) in [7, 11) is 3.11. The molecule has 94 valence electrons. The Morgan fingerprint density at radius 2 is 2.18 bits per heavy atom. The SMILES string of the molecule is CNc1nccc(NC(C(=O)OC)C(C)C)n1. The van der Waals surface area contributed by atoms with Gasteiger partial charge in [0.2, 0.25) is 5.95 Å². The first kappa shape index (κ1) is 13.2. The van der Waals surface area contributed by atoms with Gasteiger partial charge in [-0.1, -0.05) is 13.8 Å². The van der Waals surface area contributed by atoms with E-state index in [9.17, 15) is 4.79 Å². The first-order chi connectivity index (χ1) is 8.08. The van der Waals surface area contributed by atoms with Gasteiger partial charge in [-0.05, 0) is 12.0 Å². The molecule has 0 bridgehead atoms. The molecule has 0 aliphatic carbocycles. The second kappa shape index (κ2) is 6.03. The Kier molecular flexibility index (Phi) is 4.68.